The number of benzene rings is 3. The highest BCUT2D eigenvalue weighted by Gasteiger charge is 2.13. The van der Waals surface area contributed by atoms with E-state index >= 15 is 0 Å². The molecule has 0 amide bonds. The molecule has 0 bridgehead atoms. The maximum Gasteiger partial charge on any atom is 0.276 e. The van der Waals surface area contributed by atoms with E-state index in [1.807, 2.05) is 54.6 Å². The lowest BCUT2D eigenvalue weighted by Gasteiger charge is -2.09. The van der Waals surface area contributed by atoms with Gasteiger partial charge >= 0.3 is 0 Å². The molecule has 0 N–H and O–H groups in total. The van der Waals surface area contributed by atoms with E-state index in [4.69, 9.17) is 4.74 Å². The fraction of sp³-hybridized carbons (Fsp3) is 0.0500. The molecule has 0 atom stereocenters. The third kappa shape index (κ3) is 4.29. The Kier molecular flexibility index (Phi) is 5.16. The van der Waals surface area contributed by atoms with E-state index in [2.05, 4.69) is 4.99 Å². The Morgan fingerprint density at radius 1 is 0.920 bits per heavy atom. The van der Waals surface area contributed by atoms with Gasteiger partial charge in [0, 0.05) is 17.8 Å². The lowest BCUT2D eigenvalue weighted by atomic mass is 10.2. The fourth-order valence-corrected chi connectivity index (χ4v) is 2.34. The molecule has 3 aromatic rings. The van der Waals surface area contributed by atoms with Gasteiger partial charge in [-0.05, 0) is 30.3 Å². The fourth-order valence-electron chi connectivity index (χ4n) is 2.34. The summed E-state index contributed by atoms with van der Waals surface area (Å²) in [4.78, 5) is 15.1. The minimum absolute atomic E-state index is 0.0536. The molecule has 124 valence electrons. The van der Waals surface area contributed by atoms with Crippen LogP contribution in [-0.4, -0.2) is 11.1 Å². The molecule has 3 rings (SSSR count). The van der Waals surface area contributed by atoms with Crippen molar-refractivity contribution in [1.29, 1.82) is 0 Å². The van der Waals surface area contributed by atoms with Crippen molar-refractivity contribution < 1.29 is 9.66 Å². The average molecular weight is 332 g/mol. The number of hydrogen-bond acceptors (Lipinski definition) is 4. The predicted octanol–water partition coefficient (Wildman–Crippen LogP) is 4.92. The van der Waals surface area contributed by atoms with Gasteiger partial charge in [0.05, 0.1) is 16.2 Å². The molecule has 0 saturated heterocycles. The van der Waals surface area contributed by atoms with E-state index in [1.54, 1.807) is 24.4 Å². The number of nitro benzene ring substituents is 1. The summed E-state index contributed by atoms with van der Waals surface area (Å²) in [5.74, 6) is 0.625. The zero-order valence-electron chi connectivity index (χ0n) is 13.4. The molecule has 0 fully saturated rings. The highest BCUT2D eigenvalue weighted by molar-refractivity contribution is 5.85. The van der Waals surface area contributed by atoms with Crippen molar-refractivity contribution in [3.8, 4) is 5.75 Å². The molecule has 0 unspecified atom stereocenters. The third-order valence-electron chi connectivity index (χ3n) is 3.60. The summed E-state index contributed by atoms with van der Waals surface area (Å²) in [5, 5.41) is 11.1. The first kappa shape index (κ1) is 16.4. The Morgan fingerprint density at radius 3 is 2.40 bits per heavy atom. The average Bonchev–Trinajstić information content (AvgIpc) is 2.66. The van der Waals surface area contributed by atoms with Gasteiger partial charge in [0.25, 0.3) is 5.69 Å². The highest BCUT2D eigenvalue weighted by atomic mass is 16.6. The maximum absolute atomic E-state index is 11.1. The summed E-state index contributed by atoms with van der Waals surface area (Å²) in [6, 6.07) is 23.6. The number of hydrogen-bond donors (Lipinski definition) is 0. The lowest BCUT2D eigenvalue weighted by Crippen LogP contribution is -2.01. The van der Waals surface area contributed by atoms with Crippen LogP contribution in [-0.2, 0) is 6.61 Å². The molecule has 0 aliphatic carbocycles. The summed E-state index contributed by atoms with van der Waals surface area (Å²) in [6.45, 7) is 0.118. The first-order chi connectivity index (χ1) is 12.2. The van der Waals surface area contributed by atoms with Gasteiger partial charge < -0.3 is 4.74 Å². The van der Waals surface area contributed by atoms with Gasteiger partial charge in [-0.15, -0.1) is 0 Å². The zero-order chi connectivity index (χ0) is 17.5. The van der Waals surface area contributed by atoms with Crippen LogP contribution in [0.5, 0.6) is 5.75 Å². The van der Waals surface area contributed by atoms with Gasteiger partial charge in [-0.2, -0.15) is 0 Å². The standard InChI is InChI=1S/C20H16N2O3/c23-22(24)19-12-6-4-9-17(19)15-25-20-13-7-5-8-16(20)14-21-18-10-2-1-3-11-18/h1-14H,15H2/b21-14+. The van der Waals surface area contributed by atoms with Crippen LogP contribution in [0.2, 0.25) is 0 Å². The minimum atomic E-state index is -0.401. The smallest absolute Gasteiger partial charge is 0.276 e. The zero-order valence-corrected chi connectivity index (χ0v) is 13.4. The Hall–Kier alpha value is -3.47. The maximum atomic E-state index is 11.1. The van der Waals surface area contributed by atoms with Crippen molar-refractivity contribution >= 4 is 17.6 Å². The third-order valence-corrected chi connectivity index (χ3v) is 3.60. The molecule has 0 aliphatic rings. The predicted molar refractivity (Wildman–Crippen MR) is 97.6 cm³/mol. The van der Waals surface area contributed by atoms with Gasteiger partial charge in [0.2, 0.25) is 0 Å². The van der Waals surface area contributed by atoms with Crippen LogP contribution in [0.4, 0.5) is 11.4 Å². The summed E-state index contributed by atoms with van der Waals surface area (Å²) < 4.78 is 5.81. The Labute approximate surface area is 145 Å². The van der Waals surface area contributed by atoms with Gasteiger partial charge in [-0.25, -0.2) is 0 Å². The second kappa shape index (κ2) is 7.88. The first-order valence-electron chi connectivity index (χ1n) is 7.77. The van der Waals surface area contributed by atoms with E-state index in [0.29, 0.717) is 11.3 Å². The summed E-state index contributed by atoms with van der Waals surface area (Å²) in [5.41, 5.74) is 2.24. The molecule has 0 spiro atoms. The molecule has 0 heterocycles. The van der Waals surface area contributed by atoms with E-state index in [-0.39, 0.29) is 12.3 Å². The lowest BCUT2D eigenvalue weighted by molar-refractivity contribution is -0.385. The Balaban J connectivity index is 1.78. The molecule has 5 nitrogen and oxygen atoms in total. The number of rotatable bonds is 6. The first-order valence-corrected chi connectivity index (χ1v) is 7.77. The van der Waals surface area contributed by atoms with Crippen molar-refractivity contribution in [2.45, 2.75) is 6.61 Å². The Morgan fingerprint density at radius 2 is 1.60 bits per heavy atom. The molecular weight excluding hydrogens is 316 g/mol. The monoisotopic (exact) mass is 332 g/mol. The molecule has 25 heavy (non-hydrogen) atoms. The normalized spacial score (nSPS) is 10.7. The minimum Gasteiger partial charge on any atom is -0.488 e. The number of aliphatic imine (C=N–C) groups is 1. The molecule has 5 heteroatoms. The number of ether oxygens (including phenoxy) is 1. The molecule has 0 aliphatic heterocycles. The topological polar surface area (TPSA) is 64.7 Å². The van der Waals surface area contributed by atoms with Gasteiger partial charge in [-0.1, -0.05) is 42.5 Å². The molecule has 0 saturated carbocycles. The Bertz CT molecular complexity index is 892. The van der Waals surface area contributed by atoms with Crippen LogP contribution in [0.3, 0.4) is 0 Å². The second-order valence-corrected chi connectivity index (χ2v) is 5.31. The van der Waals surface area contributed by atoms with Gasteiger partial charge in [0.15, 0.2) is 0 Å². The van der Waals surface area contributed by atoms with E-state index in [1.165, 1.54) is 6.07 Å². The molecule has 0 aromatic heterocycles. The van der Waals surface area contributed by atoms with Crippen LogP contribution < -0.4 is 4.74 Å². The highest BCUT2D eigenvalue weighted by Crippen LogP contribution is 2.22. The number of nitrogens with zero attached hydrogens (tertiary/aromatic N) is 2. The van der Waals surface area contributed by atoms with Gasteiger partial charge in [0.1, 0.15) is 12.4 Å². The van der Waals surface area contributed by atoms with Crippen molar-refractivity contribution in [2.24, 2.45) is 4.99 Å². The van der Waals surface area contributed by atoms with E-state index in [9.17, 15) is 10.1 Å². The van der Waals surface area contributed by atoms with Crippen LogP contribution >= 0.6 is 0 Å². The van der Waals surface area contributed by atoms with Crippen LogP contribution in [0.15, 0.2) is 83.9 Å². The largest absolute Gasteiger partial charge is 0.488 e. The van der Waals surface area contributed by atoms with Crippen LogP contribution in [0.25, 0.3) is 0 Å². The number of nitro groups is 1. The summed E-state index contributed by atoms with van der Waals surface area (Å²) >= 11 is 0. The van der Waals surface area contributed by atoms with Crippen molar-refractivity contribution in [1.82, 2.24) is 0 Å². The molecular formula is C20H16N2O3. The van der Waals surface area contributed by atoms with Crippen molar-refractivity contribution in [3.63, 3.8) is 0 Å². The van der Waals surface area contributed by atoms with E-state index < -0.39 is 4.92 Å². The number of para-hydroxylation sites is 3. The van der Waals surface area contributed by atoms with E-state index in [0.717, 1.165) is 11.3 Å². The molecule has 0 radical (unpaired) electrons. The molecule has 3 aromatic carbocycles. The SMILES string of the molecule is O=[N+]([O-])c1ccccc1COc1ccccc1/C=N/c1ccccc1. The second-order valence-electron chi connectivity index (χ2n) is 5.31. The summed E-state index contributed by atoms with van der Waals surface area (Å²) in [7, 11) is 0. The van der Waals surface area contributed by atoms with Crippen molar-refractivity contribution in [3.05, 3.63) is 100 Å². The van der Waals surface area contributed by atoms with Gasteiger partial charge in [-0.3, -0.25) is 15.1 Å². The summed E-state index contributed by atoms with van der Waals surface area (Å²) in [6.07, 6.45) is 1.73. The quantitative estimate of drug-likeness (QED) is 0.365. The van der Waals surface area contributed by atoms with Crippen molar-refractivity contribution in [2.75, 3.05) is 0 Å². The van der Waals surface area contributed by atoms with Crippen LogP contribution in [0.1, 0.15) is 11.1 Å². The van der Waals surface area contributed by atoms with Crippen LogP contribution in [0, 0.1) is 10.1 Å².